The predicted octanol–water partition coefficient (Wildman–Crippen LogP) is 3.23. The van der Waals surface area contributed by atoms with Gasteiger partial charge in [0.05, 0.1) is 0 Å². The van der Waals surface area contributed by atoms with Gasteiger partial charge in [0.25, 0.3) is 0 Å². The van der Waals surface area contributed by atoms with Crippen molar-refractivity contribution in [1.82, 2.24) is 5.32 Å². The summed E-state index contributed by atoms with van der Waals surface area (Å²) in [7, 11) is 0. The van der Waals surface area contributed by atoms with E-state index in [1.807, 2.05) is 6.92 Å². The largest absolute Gasteiger partial charge is 0.481 e. The van der Waals surface area contributed by atoms with Gasteiger partial charge >= 0.3 is 12.0 Å². The van der Waals surface area contributed by atoms with Crippen molar-refractivity contribution in [3.63, 3.8) is 0 Å². The van der Waals surface area contributed by atoms with E-state index >= 15 is 0 Å². The summed E-state index contributed by atoms with van der Waals surface area (Å²) in [5.74, 6) is -0.868. The maximum Gasteiger partial charge on any atom is 0.319 e. The molecule has 0 aromatic heterocycles. The van der Waals surface area contributed by atoms with Crippen molar-refractivity contribution in [2.75, 3.05) is 11.9 Å². The maximum absolute atomic E-state index is 12.7. The van der Waals surface area contributed by atoms with Crippen LogP contribution in [0.4, 0.5) is 14.9 Å². The first kappa shape index (κ1) is 16.9. The van der Waals surface area contributed by atoms with Crippen LogP contribution < -0.4 is 10.6 Å². The number of rotatable bonds is 8. The van der Waals surface area contributed by atoms with Crippen molar-refractivity contribution in [2.24, 2.45) is 5.92 Å². The molecule has 6 heteroatoms. The van der Waals surface area contributed by atoms with Crippen molar-refractivity contribution in [3.8, 4) is 0 Å². The minimum Gasteiger partial charge on any atom is -0.481 e. The Morgan fingerprint density at radius 3 is 2.48 bits per heavy atom. The first-order valence-corrected chi connectivity index (χ1v) is 7.03. The lowest BCUT2D eigenvalue weighted by molar-refractivity contribution is -0.137. The Bertz CT molecular complexity index is 462. The first-order valence-electron chi connectivity index (χ1n) is 7.03. The number of anilines is 1. The number of halogens is 1. The smallest absolute Gasteiger partial charge is 0.319 e. The van der Waals surface area contributed by atoms with Crippen LogP contribution in [0.25, 0.3) is 0 Å². The minimum absolute atomic E-state index is 0.153. The molecule has 1 rings (SSSR count). The van der Waals surface area contributed by atoms with Crippen LogP contribution in [0.2, 0.25) is 0 Å². The van der Waals surface area contributed by atoms with Gasteiger partial charge in [0.15, 0.2) is 0 Å². The highest BCUT2D eigenvalue weighted by Crippen LogP contribution is 2.14. The Balaban J connectivity index is 2.25. The van der Waals surface area contributed by atoms with E-state index in [0.717, 1.165) is 12.8 Å². The van der Waals surface area contributed by atoms with Gasteiger partial charge in [-0.2, -0.15) is 0 Å². The summed E-state index contributed by atoms with van der Waals surface area (Å²) in [6, 6.07) is 5.16. The molecule has 0 fully saturated rings. The highest BCUT2D eigenvalue weighted by Gasteiger charge is 2.09. The number of hydrogen-bond acceptors (Lipinski definition) is 2. The molecule has 0 heterocycles. The van der Waals surface area contributed by atoms with Gasteiger partial charge in [0, 0.05) is 18.7 Å². The second-order valence-corrected chi connectivity index (χ2v) is 4.88. The summed E-state index contributed by atoms with van der Waals surface area (Å²) in [6.45, 7) is 2.48. The second-order valence-electron chi connectivity index (χ2n) is 4.88. The summed E-state index contributed by atoms with van der Waals surface area (Å²) in [5, 5.41) is 14.0. The standard InChI is InChI=1S/C15H21FN2O3/c1-2-11(3-8-14(19)20)9-10-17-15(21)18-13-6-4-12(16)5-7-13/h4-7,11H,2-3,8-10H2,1H3,(H,19,20)(H2,17,18,21). The number of carbonyl (C=O) groups excluding carboxylic acids is 1. The molecule has 0 aliphatic carbocycles. The van der Waals surface area contributed by atoms with E-state index in [1.54, 1.807) is 0 Å². The number of carbonyl (C=O) groups is 2. The Labute approximate surface area is 123 Å². The molecule has 1 aromatic carbocycles. The maximum atomic E-state index is 12.7. The summed E-state index contributed by atoms with van der Waals surface area (Å²) in [4.78, 5) is 22.1. The van der Waals surface area contributed by atoms with Gasteiger partial charge in [-0.05, 0) is 43.0 Å². The van der Waals surface area contributed by atoms with Crippen LogP contribution in [-0.4, -0.2) is 23.7 Å². The number of hydrogen-bond donors (Lipinski definition) is 3. The van der Waals surface area contributed by atoms with Gasteiger partial charge in [-0.25, -0.2) is 9.18 Å². The molecule has 116 valence electrons. The van der Waals surface area contributed by atoms with Crippen LogP contribution >= 0.6 is 0 Å². The fraction of sp³-hybridized carbons (Fsp3) is 0.467. The summed E-state index contributed by atoms with van der Waals surface area (Å²) in [5.41, 5.74) is 0.520. The molecule has 0 radical (unpaired) electrons. The SMILES string of the molecule is CCC(CCNC(=O)Nc1ccc(F)cc1)CCC(=O)O. The van der Waals surface area contributed by atoms with E-state index in [2.05, 4.69) is 10.6 Å². The van der Waals surface area contributed by atoms with E-state index in [1.165, 1.54) is 24.3 Å². The number of benzene rings is 1. The highest BCUT2D eigenvalue weighted by molar-refractivity contribution is 5.89. The lowest BCUT2D eigenvalue weighted by Crippen LogP contribution is -2.30. The number of urea groups is 1. The zero-order valence-electron chi connectivity index (χ0n) is 12.1. The van der Waals surface area contributed by atoms with Crippen LogP contribution in [-0.2, 0) is 4.79 Å². The Hall–Kier alpha value is -2.11. The topological polar surface area (TPSA) is 78.4 Å². The normalized spacial score (nSPS) is 11.7. The molecule has 1 unspecified atom stereocenters. The zero-order valence-corrected chi connectivity index (χ0v) is 12.1. The van der Waals surface area contributed by atoms with E-state index in [0.29, 0.717) is 18.7 Å². The zero-order chi connectivity index (χ0) is 15.7. The molecule has 0 saturated carbocycles. The molecule has 5 nitrogen and oxygen atoms in total. The number of carboxylic acid groups (broad SMARTS) is 1. The molecule has 0 spiro atoms. The second kappa shape index (κ2) is 8.94. The fourth-order valence-electron chi connectivity index (χ4n) is 1.98. The Morgan fingerprint density at radius 1 is 1.24 bits per heavy atom. The third kappa shape index (κ3) is 7.29. The quantitative estimate of drug-likeness (QED) is 0.689. The van der Waals surface area contributed by atoms with Gasteiger partial charge in [-0.15, -0.1) is 0 Å². The van der Waals surface area contributed by atoms with Gasteiger partial charge in [0.1, 0.15) is 5.82 Å². The van der Waals surface area contributed by atoms with Crippen molar-refractivity contribution >= 4 is 17.7 Å². The van der Waals surface area contributed by atoms with Gasteiger partial charge < -0.3 is 15.7 Å². The molecule has 0 bridgehead atoms. The summed E-state index contributed by atoms with van der Waals surface area (Å²) in [6.07, 6.45) is 2.39. The van der Waals surface area contributed by atoms with Gasteiger partial charge in [-0.1, -0.05) is 13.3 Å². The van der Waals surface area contributed by atoms with Crippen LogP contribution in [0.1, 0.15) is 32.6 Å². The lowest BCUT2D eigenvalue weighted by Gasteiger charge is -2.14. The molecule has 3 N–H and O–H groups in total. The van der Waals surface area contributed by atoms with E-state index in [-0.39, 0.29) is 24.2 Å². The van der Waals surface area contributed by atoms with Crippen molar-refractivity contribution in [3.05, 3.63) is 30.1 Å². The summed E-state index contributed by atoms with van der Waals surface area (Å²) >= 11 is 0. The molecule has 0 aliphatic rings. The molecule has 2 amide bonds. The Kier molecular flexibility index (Phi) is 7.21. The van der Waals surface area contributed by atoms with Crippen LogP contribution in [0.5, 0.6) is 0 Å². The molecule has 1 atom stereocenters. The predicted molar refractivity (Wildman–Crippen MR) is 78.7 cm³/mol. The monoisotopic (exact) mass is 296 g/mol. The average Bonchev–Trinajstić information content (AvgIpc) is 2.45. The van der Waals surface area contributed by atoms with Crippen LogP contribution in [0.3, 0.4) is 0 Å². The molecular formula is C15H21FN2O3. The number of nitrogens with one attached hydrogen (secondary N) is 2. The van der Waals surface area contributed by atoms with Gasteiger partial charge in [0.2, 0.25) is 0 Å². The fourth-order valence-corrected chi connectivity index (χ4v) is 1.98. The molecule has 1 aromatic rings. The highest BCUT2D eigenvalue weighted by atomic mass is 19.1. The average molecular weight is 296 g/mol. The number of aliphatic carboxylic acids is 1. The molecule has 0 saturated heterocycles. The van der Waals surface area contributed by atoms with Gasteiger partial charge in [-0.3, -0.25) is 4.79 Å². The number of carboxylic acids is 1. The van der Waals surface area contributed by atoms with Crippen molar-refractivity contribution in [1.29, 1.82) is 0 Å². The van der Waals surface area contributed by atoms with E-state index < -0.39 is 5.97 Å². The van der Waals surface area contributed by atoms with Crippen molar-refractivity contribution in [2.45, 2.75) is 32.6 Å². The Morgan fingerprint density at radius 2 is 1.90 bits per heavy atom. The van der Waals surface area contributed by atoms with Crippen LogP contribution in [0.15, 0.2) is 24.3 Å². The first-order chi connectivity index (χ1) is 10.0. The molecular weight excluding hydrogens is 275 g/mol. The number of amides is 2. The third-order valence-electron chi connectivity index (χ3n) is 3.28. The lowest BCUT2D eigenvalue weighted by atomic mass is 9.97. The molecule has 0 aliphatic heterocycles. The van der Waals surface area contributed by atoms with E-state index in [4.69, 9.17) is 5.11 Å². The summed E-state index contributed by atoms with van der Waals surface area (Å²) < 4.78 is 12.7. The third-order valence-corrected chi connectivity index (χ3v) is 3.28. The molecule has 21 heavy (non-hydrogen) atoms. The minimum atomic E-state index is -0.796. The van der Waals surface area contributed by atoms with Crippen molar-refractivity contribution < 1.29 is 19.1 Å². The van der Waals surface area contributed by atoms with Crippen LogP contribution in [0, 0.1) is 11.7 Å². The van der Waals surface area contributed by atoms with E-state index in [9.17, 15) is 14.0 Å².